The minimum absolute atomic E-state index is 0.0102. The summed E-state index contributed by atoms with van der Waals surface area (Å²) in [4.78, 5) is 18.5. The predicted molar refractivity (Wildman–Crippen MR) is 81.9 cm³/mol. The molecule has 1 atom stereocenters. The molecule has 3 rings (SSSR count). The van der Waals surface area contributed by atoms with Crippen molar-refractivity contribution in [1.29, 1.82) is 0 Å². The van der Waals surface area contributed by atoms with Gasteiger partial charge in [-0.15, -0.1) is 0 Å². The predicted octanol–water partition coefficient (Wildman–Crippen LogP) is 2.77. The molecule has 1 fully saturated rings. The molecule has 0 aliphatic carbocycles. The Morgan fingerprint density at radius 3 is 3.00 bits per heavy atom. The van der Waals surface area contributed by atoms with Gasteiger partial charge in [0.2, 0.25) is 0 Å². The topological polar surface area (TPSA) is 62.7 Å². The number of carbonyl (C=O) groups excluding carboxylic acids is 1. The standard InChI is InChI=1S/C17H18N2O3/c1-22-13-6-2-5-12(11-13)14-7-4-10-19(14)17(21)16-15(20)8-3-9-18-16/h2-3,5-6,8-9,11,14,20H,4,7,10H2,1H3/t14-/m1/s1. The Morgan fingerprint density at radius 2 is 2.23 bits per heavy atom. The summed E-state index contributed by atoms with van der Waals surface area (Å²) in [7, 11) is 1.63. The van der Waals surface area contributed by atoms with Crippen LogP contribution in [-0.2, 0) is 0 Å². The lowest BCUT2D eigenvalue weighted by Crippen LogP contribution is -2.31. The quantitative estimate of drug-likeness (QED) is 0.946. The number of methoxy groups -OCH3 is 1. The first-order valence-corrected chi connectivity index (χ1v) is 7.29. The number of aromatic nitrogens is 1. The third kappa shape index (κ3) is 2.62. The van der Waals surface area contributed by atoms with Crippen molar-refractivity contribution in [3.05, 3.63) is 53.9 Å². The fourth-order valence-electron chi connectivity index (χ4n) is 2.90. The van der Waals surface area contributed by atoms with Crippen molar-refractivity contribution < 1.29 is 14.6 Å². The number of ether oxygens (including phenoxy) is 1. The van der Waals surface area contributed by atoms with E-state index in [9.17, 15) is 9.90 Å². The molecule has 1 saturated heterocycles. The smallest absolute Gasteiger partial charge is 0.276 e. The van der Waals surface area contributed by atoms with Crippen molar-refractivity contribution in [2.75, 3.05) is 13.7 Å². The van der Waals surface area contributed by atoms with E-state index in [1.807, 2.05) is 24.3 Å². The second-order valence-electron chi connectivity index (χ2n) is 5.30. The lowest BCUT2D eigenvalue weighted by Gasteiger charge is -2.25. The molecule has 1 amide bonds. The molecule has 2 aromatic rings. The fourth-order valence-corrected chi connectivity index (χ4v) is 2.90. The Labute approximate surface area is 129 Å². The summed E-state index contributed by atoms with van der Waals surface area (Å²) >= 11 is 0. The molecule has 2 heterocycles. The molecule has 0 spiro atoms. The minimum Gasteiger partial charge on any atom is -0.505 e. The SMILES string of the molecule is COc1cccc([C@H]2CCCN2C(=O)c2ncccc2O)c1. The molecule has 1 aromatic heterocycles. The van der Waals surface area contributed by atoms with E-state index in [0.717, 1.165) is 24.2 Å². The van der Waals surface area contributed by atoms with Crippen molar-refractivity contribution in [1.82, 2.24) is 9.88 Å². The normalized spacial score (nSPS) is 17.5. The lowest BCUT2D eigenvalue weighted by atomic mass is 10.0. The van der Waals surface area contributed by atoms with Crippen LogP contribution in [0.1, 0.15) is 34.9 Å². The molecule has 0 unspecified atom stereocenters. The van der Waals surface area contributed by atoms with E-state index in [4.69, 9.17) is 4.74 Å². The Bertz CT molecular complexity index is 687. The van der Waals surface area contributed by atoms with Crippen LogP contribution < -0.4 is 4.74 Å². The lowest BCUT2D eigenvalue weighted by molar-refractivity contribution is 0.0726. The van der Waals surface area contributed by atoms with Gasteiger partial charge in [0, 0.05) is 12.7 Å². The van der Waals surface area contributed by atoms with Crippen molar-refractivity contribution in [3.63, 3.8) is 0 Å². The van der Waals surface area contributed by atoms with E-state index >= 15 is 0 Å². The van der Waals surface area contributed by atoms with Crippen LogP contribution in [0.5, 0.6) is 11.5 Å². The number of rotatable bonds is 3. The summed E-state index contributed by atoms with van der Waals surface area (Å²) in [6.07, 6.45) is 3.34. The summed E-state index contributed by atoms with van der Waals surface area (Å²) in [5.74, 6) is 0.463. The van der Waals surface area contributed by atoms with Gasteiger partial charge in [-0.25, -0.2) is 4.98 Å². The van der Waals surface area contributed by atoms with Crippen LogP contribution in [-0.4, -0.2) is 34.6 Å². The van der Waals surface area contributed by atoms with Crippen LogP contribution in [0.2, 0.25) is 0 Å². The number of likely N-dealkylation sites (tertiary alicyclic amines) is 1. The van der Waals surface area contributed by atoms with Crippen molar-refractivity contribution in [2.24, 2.45) is 0 Å². The molecule has 0 saturated carbocycles. The summed E-state index contributed by atoms with van der Waals surface area (Å²) in [6.45, 7) is 0.663. The Hall–Kier alpha value is -2.56. The third-order valence-electron chi connectivity index (χ3n) is 3.98. The average molecular weight is 298 g/mol. The van der Waals surface area contributed by atoms with Crippen molar-refractivity contribution in [2.45, 2.75) is 18.9 Å². The molecule has 114 valence electrons. The number of pyridine rings is 1. The Kier molecular flexibility index (Phi) is 3.96. The molecule has 0 radical (unpaired) electrons. The highest BCUT2D eigenvalue weighted by atomic mass is 16.5. The van der Waals surface area contributed by atoms with Crippen LogP contribution in [0.3, 0.4) is 0 Å². The molecule has 1 aliphatic rings. The van der Waals surface area contributed by atoms with Gasteiger partial charge >= 0.3 is 0 Å². The van der Waals surface area contributed by atoms with Crippen LogP contribution in [0.25, 0.3) is 0 Å². The van der Waals surface area contributed by atoms with E-state index < -0.39 is 0 Å². The Morgan fingerprint density at radius 1 is 1.36 bits per heavy atom. The Balaban J connectivity index is 1.90. The maximum Gasteiger partial charge on any atom is 0.276 e. The van der Waals surface area contributed by atoms with Crippen molar-refractivity contribution in [3.8, 4) is 11.5 Å². The van der Waals surface area contributed by atoms with Gasteiger partial charge in [0.15, 0.2) is 5.69 Å². The van der Waals surface area contributed by atoms with Gasteiger partial charge in [-0.2, -0.15) is 0 Å². The van der Waals surface area contributed by atoms with Crippen LogP contribution in [0.4, 0.5) is 0 Å². The highest BCUT2D eigenvalue weighted by molar-refractivity contribution is 5.95. The van der Waals surface area contributed by atoms with Gasteiger partial charge in [-0.05, 0) is 42.7 Å². The zero-order chi connectivity index (χ0) is 15.5. The van der Waals surface area contributed by atoms with Gasteiger partial charge < -0.3 is 14.7 Å². The number of nitrogens with zero attached hydrogens (tertiary/aromatic N) is 2. The van der Waals surface area contributed by atoms with Crippen LogP contribution in [0.15, 0.2) is 42.6 Å². The molecule has 5 heteroatoms. The van der Waals surface area contributed by atoms with Crippen LogP contribution in [0, 0.1) is 0 Å². The van der Waals surface area contributed by atoms with E-state index in [-0.39, 0.29) is 23.4 Å². The first kappa shape index (κ1) is 14.4. The molecule has 1 aromatic carbocycles. The number of amides is 1. The fraction of sp³-hybridized carbons (Fsp3) is 0.294. The maximum atomic E-state index is 12.7. The van der Waals surface area contributed by atoms with E-state index in [0.29, 0.717) is 6.54 Å². The molecule has 0 bridgehead atoms. The first-order chi connectivity index (χ1) is 10.7. The highest BCUT2D eigenvalue weighted by Gasteiger charge is 2.32. The van der Waals surface area contributed by atoms with Crippen molar-refractivity contribution >= 4 is 5.91 Å². The van der Waals surface area contributed by atoms with Crippen LogP contribution >= 0.6 is 0 Å². The largest absolute Gasteiger partial charge is 0.505 e. The number of hydrogen-bond donors (Lipinski definition) is 1. The molecule has 1 aliphatic heterocycles. The van der Waals surface area contributed by atoms with Gasteiger partial charge in [0.05, 0.1) is 13.2 Å². The third-order valence-corrected chi connectivity index (χ3v) is 3.98. The average Bonchev–Trinajstić information content (AvgIpc) is 3.04. The summed E-state index contributed by atoms with van der Waals surface area (Å²) in [5, 5.41) is 9.85. The monoisotopic (exact) mass is 298 g/mol. The number of carbonyl (C=O) groups is 1. The maximum absolute atomic E-state index is 12.7. The summed E-state index contributed by atoms with van der Waals surface area (Å²) < 4.78 is 5.26. The zero-order valence-electron chi connectivity index (χ0n) is 12.4. The molecular weight excluding hydrogens is 280 g/mol. The van der Waals surface area contributed by atoms with E-state index in [2.05, 4.69) is 4.98 Å². The molecular formula is C17H18N2O3. The minimum atomic E-state index is -0.233. The second-order valence-corrected chi connectivity index (χ2v) is 5.30. The van der Waals surface area contributed by atoms with Gasteiger partial charge in [0.1, 0.15) is 11.5 Å². The number of hydrogen-bond acceptors (Lipinski definition) is 4. The number of aromatic hydroxyl groups is 1. The van der Waals surface area contributed by atoms with E-state index in [1.165, 1.54) is 12.3 Å². The second kappa shape index (κ2) is 6.05. The van der Waals surface area contributed by atoms with Gasteiger partial charge in [-0.3, -0.25) is 4.79 Å². The summed E-state index contributed by atoms with van der Waals surface area (Å²) in [6, 6.07) is 10.8. The van der Waals surface area contributed by atoms with Gasteiger partial charge in [0.25, 0.3) is 5.91 Å². The number of benzene rings is 1. The zero-order valence-corrected chi connectivity index (χ0v) is 12.4. The molecule has 1 N–H and O–H groups in total. The molecule has 22 heavy (non-hydrogen) atoms. The summed E-state index contributed by atoms with van der Waals surface area (Å²) in [5.41, 5.74) is 1.15. The highest BCUT2D eigenvalue weighted by Crippen LogP contribution is 2.35. The molecule has 5 nitrogen and oxygen atoms in total. The first-order valence-electron chi connectivity index (χ1n) is 7.29. The van der Waals surface area contributed by atoms with E-state index in [1.54, 1.807) is 18.1 Å². The van der Waals surface area contributed by atoms with Gasteiger partial charge in [-0.1, -0.05) is 12.1 Å².